The van der Waals surface area contributed by atoms with Gasteiger partial charge in [0, 0.05) is 25.1 Å². The lowest BCUT2D eigenvalue weighted by Gasteiger charge is -2.11. The Morgan fingerprint density at radius 1 is 1.17 bits per heavy atom. The molecular weight excluding hydrogens is 282 g/mol. The number of nitrogens with zero attached hydrogens (tertiary/aromatic N) is 1. The maximum atomic E-state index is 3.41. The van der Waals surface area contributed by atoms with Crippen LogP contribution in [0.2, 0.25) is 0 Å². The van der Waals surface area contributed by atoms with E-state index in [-0.39, 0.29) is 17.0 Å². The van der Waals surface area contributed by atoms with E-state index >= 15 is 0 Å². The molecule has 0 atom stereocenters. The second kappa shape index (κ2) is 5.60. The Kier molecular flexibility index (Phi) is 5.59. The van der Waals surface area contributed by atoms with Crippen LogP contribution in [0.3, 0.4) is 0 Å². The van der Waals surface area contributed by atoms with E-state index in [1.165, 1.54) is 11.3 Å². The maximum Gasteiger partial charge on any atom is 0.0361 e. The summed E-state index contributed by atoms with van der Waals surface area (Å²) in [7, 11) is 4.09. The monoisotopic (exact) mass is 293 g/mol. The van der Waals surface area contributed by atoms with E-state index < -0.39 is 0 Å². The number of anilines is 1. The molecule has 0 fully saturated rings. The van der Waals surface area contributed by atoms with Gasteiger partial charge in [-0.25, -0.2) is 0 Å². The van der Waals surface area contributed by atoms with Crippen molar-refractivity contribution in [2.75, 3.05) is 19.0 Å². The summed E-state index contributed by atoms with van der Waals surface area (Å²) in [4.78, 5) is 2.10. The Labute approximate surface area is 92.7 Å². The van der Waals surface area contributed by atoms with Gasteiger partial charge in [0.15, 0.2) is 0 Å². The van der Waals surface area contributed by atoms with E-state index in [2.05, 4.69) is 45.1 Å². The molecule has 0 bridgehead atoms. The molecule has 0 aliphatic heterocycles. The second-order valence-electron chi connectivity index (χ2n) is 2.69. The van der Waals surface area contributed by atoms with Gasteiger partial charge in [-0.15, -0.1) is 17.0 Å². The molecule has 0 aliphatic carbocycles. The van der Waals surface area contributed by atoms with E-state index in [1.54, 1.807) is 0 Å². The van der Waals surface area contributed by atoms with E-state index in [9.17, 15) is 0 Å². The number of hydrogen-bond donors (Lipinski definition) is 0. The minimum atomic E-state index is 0. The van der Waals surface area contributed by atoms with Gasteiger partial charge in [0.1, 0.15) is 0 Å². The molecule has 12 heavy (non-hydrogen) atoms. The van der Waals surface area contributed by atoms with Gasteiger partial charge in [-0.05, 0) is 17.7 Å². The zero-order valence-electron chi connectivity index (χ0n) is 7.25. The van der Waals surface area contributed by atoms with E-state index in [0.29, 0.717) is 0 Å². The maximum absolute atomic E-state index is 3.41. The van der Waals surface area contributed by atoms with Crippen LogP contribution < -0.4 is 4.90 Å². The van der Waals surface area contributed by atoms with Gasteiger partial charge in [0.05, 0.1) is 0 Å². The minimum Gasteiger partial charge on any atom is -0.378 e. The Morgan fingerprint density at radius 3 is 2.00 bits per heavy atom. The van der Waals surface area contributed by atoms with Crippen LogP contribution in [0.5, 0.6) is 0 Å². The van der Waals surface area contributed by atoms with Crippen molar-refractivity contribution in [1.82, 2.24) is 0 Å². The highest BCUT2D eigenvalue weighted by Gasteiger charge is 1.93. The van der Waals surface area contributed by atoms with E-state index in [1.807, 2.05) is 14.1 Å². The zero-order chi connectivity index (χ0) is 8.27. The molecule has 0 spiro atoms. The largest absolute Gasteiger partial charge is 0.378 e. The van der Waals surface area contributed by atoms with Gasteiger partial charge in [0.2, 0.25) is 0 Å². The smallest absolute Gasteiger partial charge is 0.0361 e. The van der Waals surface area contributed by atoms with Crippen LogP contribution in [0.15, 0.2) is 24.3 Å². The third-order valence-corrected chi connectivity index (χ3v) is 2.25. The molecule has 0 aliphatic rings. The predicted octanol–water partition coefficient (Wildman–Crippen LogP) is 3.23. The summed E-state index contributed by atoms with van der Waals surface area (Å²) in [6.07, 6.45) is 0. The van der Waals surface area contributed by atoms with Gasteiger partial charge in [0.25, 0.3) is 0 Å². The van der Waals surface area contributed by atoms with Gasteiger partial charge in [-0.1, -0.05) is 28.1 Å². The van der Waals surface area contributed by atoms with Crippen molar-refractivity contribution in [3.8, 4) is 0 Å². The quantitative estimate of drug-likeness (QED) is 0.757. The standard InChI is InChI=1S/C9H12BrN.BrH/c1-11(2)9-5-3-8(7-10)4-6-9;/h3-6H,7H2,1-2H3;1H. The first-order valence-corrected chi connectivity index (χ1v) is 4.68. The predicted molar refractivity (Wildman–Crippen MR) is 63.7 cm³/mol. The summed E-state index contributed by atoms with van der Waals surface area (Å²) >= 11 is 3.41. The fourth-order valence-electron chi connectivity index (χ4n) is 0.883. The highest BCUT2D eigenvalue weighted by atomic mass is 79.9. The topological polar surface area (TPSA) is 3.24 Å². The third-order valence-electron chi connectivity index (χ3n) is 1.61. The second-order valence-corrected chi connectivity index (χ2v) is 3.26. The average molecular weight is 295 g/mol. The molecule has 1 nitrogen and oxygen atoms in total. The first kappa shape index (κ1) is 12.0. The Hall–Kier alpha value is -0.0200. The fourth-order valence-corrected chi connectivity index (χ4v) is 1.26. The summed E-state index contributed by atoms with van der Waals surface area (Å²) in [5.74, 6) is 0. The summed E-state index contributed by atoms with van der Waals surface area (Å²) < 4.78 is 0. The highest BCUT2D eigenvalue weighted by Crippen LogP contribution is 2.13. The number of alkyl halides is 1. The number of hydrogen-bond acceptors (Lipinski definition) is 1. The molecule has 3 heteroatoms. The Bertz CT molecular complexity index is 218. The van der Waals surface area contributed by atoms with Gasteiger partial charge in [-0.2, -0.15) is 0 Å². The van der Waals surface area contributed by atoms with E-state index in [0.717, 1.165) is 5.33 Å². The van der Waals surface area contributed by atoms with Crippen molar-refractivity contribution in [1.29, 1.82) is 0 Å². The summed E-state index contributed by atoms with van der Waals surface area (Å²) in [5, 5.41) is 0.931. The minimum absolute atomic E-state index is 0. The number of rotatable bonds is 2. The molecule has 0 aromatic heterocycles. The Balaban J connectivity index is 0.00000121. The lowest BCUT2D eigenvalue weighted by atomic mass is 10.2. The molecule has 0 amide bonds. The third kappa shape index (κ3) is 3.15. The van der Waals surface area contributed by atoms with Crippen LogP contribution in [0.25, 0.3) is 0 Å². The van der Waals surface area contributed by atoms with E-state index in [4.69, 9.17) is 0 Å². The normalized spacial score (nSPS) is 8.92. The molecule has 68 valence electrons. The van der Waals surface area contributed by atoms with Crippen LogP contribution in [0.1, 0.15) is 5.56 Å². The van der Waals surface area contributed by atoms with Crippen LogP contribution in [-0.2, 0) is 5.33 Å². The summed E-state index contributed by atoms with van der Waals surface area (Å²) in [6.45, 7) is 0. The molecule has 0 unspecified atom stereocenters. The van der Waals surface area contributed by atoms with Crippen LogP contribution in [-0.4, -0.2) is 14.1 Å². The van der Waals surface area contributed by atoms with Gasteiger partial charge < -0.3 is 4.90 Å². The SMILES string of the molecule is Br.CN(C)c1ccc(CBr)cc1. The first-order chi connectivity index (χ1) is 5.24. The first-order valence-electron chi connectivity index (χ1n) is 3.56. The zero-order valence-corrected chi connectivity index (χ0v) is 10.5. The fraction of sp³-hybridized carbons (Fsp3) is 0.333. The van der Waals surface area contributed by atoms with Crippen molar-refractivity contribution in [2.24, 2.45) is 0 Å². The molecule has 0 N–H and O–H groups in total. The molecule has 0 heterocycles. The van der Waals surface area contributed by atoms with Crippen molar-refractivity contribution < 1.29 is 0 Å². The van der Waals surface area contributed by atoms with Crippen molar-refractivity contribution in [3.63, 3.8) is 0 Å². The summed E-state index contributed by atoms with van der Waals surface area (Å²) in [6, 6.07) is 8.50. The summed E-state index contributed by atoms with van der Waals surface area (Å²) in [5.41, 5.74) is 2.56. The number of benzene rings is 1. The van der Waals surface area contributed by atoms with Gasteiger partial charge >= 0.3 is 0 Å². The molecule has 1 rings (SSSR count). The van der Waals surface area contributed by atoms with Crippen LogP contribution in [0.4, 0.5) is 5.69 Å². The molecule has 0 saturated carbocycles. The van der Waals surface area contributed by atoms with Crippen molar-refractivity contribution in [2.45, 2.75) is 5.33 Å². The average Bonchev–Trinajstić information content (AvgIpc) is 2.05. The van der Waals surface area contributed by atoms with Gasteiger partial charge in [-0.3, -0.25) is 0 Å². The molecule has 1 aromatic rings. The van der Waals surface area contributed by atoms with Crippen molar-refractivity contribution in [3.05, 3.63) is 29.8 Å². The molecule has 0 saturated heterocycles. The Morgan fingerprint density at radius 2 is 1.67 bits per heavy atom. The molecule has 1 aromatic carbocycles. The lowest BCUT2D eigenvalue weighted by molar-refractivity contribution is 1.13. The lowest BCUT2D eigenvalue weighted by Crippen LogP contribution is -2.07. The van der Waals surface area contributed by atoms with Crippen LogP contribution in [0, 0.1) is 0 Å². The molecular formula is C9H13Br2N. The number of halogens is 2. The van der Waals surface area contributed by atoms with Crippen molar-refractivity contribution >= 4 is 38.6 Å². The van der Waals surface area contributed by atoms with Crippen LogP contribution >= 0.6 is 32.9 Å². The molecule has 0 radical (unpaired) electrons. The highest BCUT2D eigenvalue weighted by molar-refractivity contribution is 9.08.